The number of carboxylic acid groups (broad SMARTS) is 1. The number of halogens is 4. The van der Waals surface area contributed by atoms with Crippen LogP contribution in [0, 0.1) is 29.2 Å². The van der Waals surface area contributed by atoms with Crippen molar-refractivity contribution < 1.29 is 27.5 Å². The molecule has 0 aromatic heterocycles. The van der Waals surface area contributed by atoms with Gasteiger partial charge in [-0.2, -0.15) is 0 Å². The van der Waals surface area contributed by atoms with E-state index in [9.17, 15) is 23.1 Å². The van der Waals surface area contributed by atoms with E-state index in [0.29, 0.717) is 29.5 Å². The molecule has 0 spiro atoms. The molecular formula is C28H24F4O2. The van der Waals surface area contributed by atoms with Gasteiger partial charge < -0.3 is 5.11 Å². The molecule has 1 fully saturated rings. The number of carboxylic acids is 1. The van der Waals surface area contributed by atoms with Crippen LogP contribution >= 0.6 is 0 Å². The Balaban J connectivity index is 1.73. The first kappa shape index (κ1) is 23.7. The van der Waals surface area contributed by atoms with Gasteiger partial charge in [-0.05, 0) is 84.4 Å². The van der Waals surface area contributed by atoms with E-state index >= 15 is 4.39 Å². The fourth-order valence-electron chi connectivity index (χ4n) is 4.87. The SMILES string of the molecule is C=CCC1CCC(c2ccc(-c3ccc(C(=O)O)c(F)c3-c3cc(F)c(F)c(F)c3)cc2)CC1. The van der Waals surface area contributed by atoms with Crippen molar-refractivity contribution in [3.05, 3.63) is 95.6 Å². The Hall–Kier alpha value is -3.41. The molecule has 0 bridgehead atoms. The van der Waals surface area contributed by atoms with Crippen molar-refractivity contribution >= 4 is 5.97 Å². The summed E-state index contributed by atoms with van der Waals surface area (Å²) in [5, 5.41) is 9.33. The third-order valence-corrected chi connectivity index (χ3v) is 6.68. The van der Waals surface area contributed by atoms with Crippen molar-refractivity contribution in [3.63, 3.8) is 0 Å². The zero-order valence-electron chi connectivity index (χ0n) is 18.5. The zero-order valence-corrected chi connectivity index (χ0v) is 18.5. The van der Waals surface area contributed by atoms with Crippen molar-refractivity contribution in [2.45, 2.75) is 38.0 Å². The molecular weight excluding hydrogens is 444 g/mol. The molecule has 0 amide bonds. The summed E-state index contributed by atoms with van der Waals surface area (Å²) in [4.78, 5) is 11.5. The Morgan fingerprint density at radius 2 is 1.50 bits per heavy atom. The maximum absolute atomic E-state index is 15.3. The summed E-state index contributed by atoms with van der Waals surface area (Å²) in [6, 6.07) is 11.3. The predicted octanol–water partition coefficient (Wildman–Crippen LogP) is 8.13. The molecule has 1 aliphatic carbocycles. The highest BCUT2D eigenvalue weighted by atomic mass is 19.2. The average Bonchev–Trinajstić information content (AvgIpc) is 2.82. The van der Waals surface area contributed by atoms with Crippen molar-refractivity contribution in [1.29, 1.82) is 0 Å². The third kappa shape index (κ3) is 4.63. The van der Waals surface area contributed by atoms with Gasteiger partial charge >= 0.3 is 5.97 Å². The number of rotatable bonds is 6. The molecule has 0 radical (unpaired) electrons. The second-order valence-corrected chi connectivity index (χ2v) is 8.77. The molecule has 1 N–H and O–H groups in total. The standard InChI is InChI=1S/C28H24F4O2/c1-2-3-16-4-6-17(7-5-16)18-8-10-19(11-9-18)21-12-13-22(28(33)34)26(31)25(21)20-14-23(29)27(32)24(30)15-20/h2,8-17H,1,3-7H2,(H,33,34). The smallest absolute Gasteiger partial charge is 0.338 e. The molecule has 176 valence electrons. The fourth-order valence-corrected chi connectivity index (χ4v) is 4.87. The van der Waals surface area contributed by atoms with Crippen LogP contribution in [0.15, 0.2) is 61.2 Å². The van der Waals surface area contributed by atoms with Gasteiger partial charge in [-0.1, -0.05) is 36.4 Å². The Morgan fingerprint density at radius 3 is 2.06 bits per heavy atom. The quantitative estimate of drug-likeness (QED) is 0.225. The molecule has 1 aliphatic rings. The maximum Gasteiger partial charge on any atom is 0.338 e. The van der Waals surface area contributed by atoms with Crippen LogP contribution in [0.3, 0.4) is 0 Å². The summed E-state index contributed by atoms with van der Waals surface area (Å²) in [5.74, 6) is -6.21. The lowest BCUT2D eigenvalue weighted by atomic mass is 9.77. The number of allylic oxidation sites excluding steroid dienone is 1. The van der Waals surface area contributed by atoms with Crippen LogP contribution in [0.25, 0.3) is 22.3 Å². The second kappa shape index (κ2) is 9.84. The Morgan fingerprint density at radius 1 is 0.882 bits per heavy atom. The summed E-state index contributed by atoms with van der Waals surface area (Å²) >= 11 is 0. The highest BCUT2D eigenvalue weighted by Gasteiger charge is 2.24. The summed E-state index contributed by atoms with van der Waals surface area (Å²) < 4.78 is 56.6. The molecule has 3 aromatic rings. The lowest BCUT2D eigenvalue weighted by molar-refractivity contribution is 0.0692. The van der Waals surface area contributed by atoms with Gasteiger partial charge in [0.1, 0.15) is 5.82 Å². The Kier molecular flexibility index (Phi) is 6.87. The van der Waals surface area contributed by atoms with Crippen molar-refractivity contribution in [2.24, 2.45) is 5.92 Å². The molecule has 34 heavy (non-hydrogen) atoms. The number of benzene rings is 3. The van der Waals surface area contributed by atoms with Crippen LogP contribution in [0.2, 0.25) is 0 Å². The molecule has 3 aromatic carbocycles. The minimum absolute atomic E-state index is 0.258. The molecule has 0 unspecified atom stereocenters. The number of aromatic carboxylic acids is 1. The van der Waals surface area contributed by atoms with Crippen LogP contribution in [0.1, 0.15) is 53.9 Å². The molecule has 1 saturated carbocycles. The average molecular weight is 468 g/mol. The number of carbonyl (C=O) groups is 1. The highest BCUT2D eigenvalue weighted by molar-refractivity contribution is 5.94. The van der Waals surface area contributed by atoms with E-state index in [-0.39, 0.29) is 16.7 Å². The predicted molar refractivity (Wildman–Crippen MR) is 124 cm³/mol. The molecule has 6 heteroatoms. The minimum atomic E-state index is -1.67. The van der Waals surface area contributed by atoms with Crippen LogP contribution in [0.5, 0.6) is 0 Å². The van der Waals surface area contributed by atoms with E-state index in [2.05, 4.69) is 6.58 Å². The van der Waals surface area contributed by atoms with Gasteiger partial charge in [-0.25, -0.2) is 22.4 Å². The zero-order chi connectivity index (χ0) is 24.4. The van der Waals surface area contributed by atoms with Gasteiger partial charge in [0.25, 0.3) is 0 Å². The normalized spacial score (nSPS) is 18.0. The number of hydrogen-bond donors (Lipinski definition) is 1. The largest absolute Gasteiger partial charge is 0.478 e. The molecule has 0 atom stereocenters. The van der Waals surface area contributed by atoms with Gasteiger partial charge in [0.15, 0.2) is 17.5 Å². The van der Waals surface area contributed by atoms with E-state index in [0.717, 1.165) is 43.7 Å². The summed E-state index contributed by atoms with van der Waals surface area (Å²) in [6.07, 6.45) is 7.39. The van der Waals surface area contributed by atoms with E-state index in [1.165, 1.54) is 6.07 Å². The molecule has 0 saturated heterocycles. The van der Waals surface area contributed by atoms with E-state index in [4.69, 9.17) is 0 Å². The first-order chi connectivity index (χ1) is 16.3. The van der Waals surface area contributed by atoms with E-state index in [1.54, 1.807) is 12.1 Å². The third-order valence-electron chi connectivity index (χ3n) is 6.68. The second-order valence-electron chi connectivity index (χ2n) is 8.77. The molecule has 2 nitrogen and oxygen atoms in total. The number of hydrogen-bond acceptors (Lipinski definition) is 1. The summed E-state index contributed by atoms with van der Waals surface area (Å²) in [6.45, 7) is 3.82. The van der Waals surface area contributed by atoms with Gasteiger partial charge in [0, 0.05) is 5.56 Å². The van der Waals surface area contributed by atoms with Gasteiger partial charge in [-0.3, -0.25) is 0 Å². The van der Waals surface area contributed by atoms with Crippen LogP contribution in [-0.2, 0) is 0 Å². The summed E-state index contributed by atoms with van der Waals surface area (Å²) in [5.41, 5.74) is 0.752. The van der Waals surface area contributed by atoms with Crippen LogP contribution in [0.4, 0.5) is 17.6 Å². The lowest BCUT2D eigenvalue weighted by Crippen LogP contribution is -2.12. The first-order valence-corrected chi connectivity index (χ1v) is 11.2. The van der Waals surface area contributed by atoms with Gasteiger partial charge in [-0.15, -0.1) is 6.58 Å². The monoisotopic (exact) mass is 468 g/mol. The molecule has 0 heterocycles. The van der Waals surface area contributed by atoms with Crippen molar-refractivity contribution in [2.75, 3.05) is 0 Å². The topological polar surface area (TPSA) is 37.3 Å². The Bertz CT molecular complexity index is 1200. The van der Waals surface area contributed by atoms with Crippen molar-refractivity contribution in [1.82, 2.24) is 0 Å². The molecule has 4 rings (SSSR count). The Labute approximate surface area is 195 Å². The van der Waals surface area contributed by atoms with Gasteiger partial charge in [0.05, 0.1) is 5.56 Å². The van der Waals surface area contributed by atoms with E-state index < -0.39 is 34.8 Å². The lowest BCUT2D eigenvalue weighted by Gasteiger charge is -2.28. The van der Waals surface area contributed by atoms with Crippen LogP contribution in [-0.4, -0.2) is 11.1 Å². The minimum Gasteiger partial charge on any atom is -0.478 e. The first-order valence-electron chi connectivity index (χ1n) is 11.2. The van der Waals surface area contributed by atoms with Crippen molar-refractivity contribution in [3.8, 4) is 22.3 Å². The maximum atomic E-state index is 15.3. The fraction of sp³-hybridized carbons (Fsp3) is 0.250. The summed E-state index contributed by atoms with van der Waals surface area (Å²) in [7, 11) is 0. The highest BCUT2D eigenvalue weighted by Crippen LogP contribution is 2.40. The molecule has 0 aliphatic heterocycles. The van der Waals surface area contributed by atoms with E-state index in [1.807, 2.05) is 18.2 Å². The van der Waals surface area contributed by atoms with Crippen LogP contribution < -0.4 is 0 Å². The van der Waals surface area contributed by atoms with Gasteiger partial charge in [0.2, 0.25) is 0 Å².